The molecule has 7 nitrogen and oxygen atoms in total. The van der Waals surface area contributed by atoms with Crippen molar-refractivity contribution in [3.8, 4) is 0 Å². The Labute approximate surface area is 153 Å². The Morgan fingerprint density at radius 1 is 1.15 bits per heavy atom. The maximum absolute atomic E-state index is 12.9. The van der Waals surface area contributed by atoms with E-state index in [1.54, 1.807) is 12.1 Å². The number of rotatable bonds is 3. The average Bonchev–Trinajstić information content (AvgIpc) is 3.18. The SMILES string of the molecule is CC(=O)NC1=NN(c2ccccc2)C(=O)C1Sc1nc2ccccc2o1. The van der Waals surface area contributed by atoms with Gasteiger partial charge in [-0.2, -0.15) is 5.01 Å². The summed E-state index contributed by atoms with van der Waals surface area (Å²) in [5, 5.41) is 7.81. The molecule has 0 spiro atoms. The van der Waals surface area contributed by atoms with Gasteiger partial charge in [-0.1, -0.05) is 30.3 Å². The summed E-state index contributed by atoms with van der Waals surface area (Å²) in [6.45, 7) is 1.37. The third-order valence-corrected chi connectivity index (χ3v) is 4.72. The van der Waals surface area contributed by atoms with Crippen molar-refractivity contribution in [1.29, 1.82) is 0 Å². The second-order valence-electron chi connectivity index (χ2n) is 5.60. The number of oxazole rings is 1. The lowest BCUT2D eigenvalue weighted by molar-refractivity contribution is -0.117. The minimum Gasteiger partial charge on any atom is -0.431 e. The van der Waals surface area contributed by atoms with Crippen LogP contribution in [0.1, 0.15) is 6.92 Å². The zero-order valence-corrected chi connectivity index (χ0v) is 14.6. The first-order valence-corrected chi connectivity index (χ1v) is 8.77. The fourth-order valence-corrected chi connectivity index (χ4v) is 3.48. The standard InChI is InChI=1S/C18H14N4O3S/c1-11(23)19-16-15(17(24)22(21-16)12-7-3-2-4-8-12)26-18-20-13-9-5-6-10-14(13)25-18/h2-10,15H,1H3,(H,19,21,23). The largest absolute Gasteiger partial charge is 0.431 e. The minimum absolute atomic E-state index is 0.263. The Kier molecular flexibility index (Phi) is 4.18. The van der Waals surface area contributed by atoms with Crippen molar-refractivity contribution >= 4 is 46.2 Å². The van der Waals surface area contributed by atoms with Crippen LogP contribution in [-0.4, -0.2) is 27.9 Å². The Hall–Kier alpha value is -3.13. The smallest absolute Gasteiger partial charge is 0.268 e. The van der Waals surface area contributed by atoms with Gasteiger partial charge in [-0.05, 0) is 36.0 Å². The summed E-state index contributed by atoms with van der Waals surface area (Å²) in [7, 11) is 0. The maximum Gasteiger partial charge on any atom is 0.268 e. The van der Waals surface area contributed by atoms with E-state index >= 15 is 0 Å². The van der Waals surface area contributed by atoms with Gasteiger partial charge < -0.3 is 9.73 Å². The lowest BCUT2D eigenvalue weighted by Gasteiger charge is -2.12. The van der Waals surface area contributed by atoms with Crippen LogP contribution in [0.2, 0.25) is 0 Å². The minimum atomic E-state index is -0.743. The van der Waals surface area contributed by atoms with Crippen LogP contribution in [0.3, 0.4) is 0 Å². The summed E-state index contributed by atoms with van der Waals surface area (Å²) in [6.07, 6.45) is 0. The van der Waals surface area contributed by atoms with E-state index in [9.17, 15) is 9.59 Å². The van der Waals surface area contributed by atoms with E-state index in [4.69, 9.17) is 4.42 Å². The van der Waals surface area contributed by atoms with Crippen LogP contribution in [0.4, 0.5) is 5.69 Å². The number of nitrogens with one attached hydrogen (secondary N) is 1. The molecule has 0 aliphatic carbocycles. The summed E-state index contributed by atoms with van der Waals surface area (Å²) >= 11 is 1.12. The molecule has 0 saturated carbocycles. The number of nitrogens with zero attached hydrogens (tertiary/aromatic N) is 3. The van der Waals surface area contributed by atoms with Gasteiger partial charge in [0.2, 0.25) is 5.91 Å². The predicted octanol–water partition coefficient (Wildman–Crippen LogP) is 2.78. The summed E-state index contributed by atoms with van der Waals surface area (Å²) in [4.78, 5) is 28.8. The second kappa shape index (κ2) is 6.64. The van der Waals surface area contributed by atoms with Crippen molar-refractivity contribution in [2.75, 3.05) is 5.01 Å². The van der Waals surface area contributed by atoms with Gasteiger partial charge in [0.25, 0.3) is 11.1 Å². The molecule has 2 heterocycles. The van der Waals surface area contributed by atoms with Gasteiger partial charge in [-0.3, -0.25) is 9.59 Å². The van der Waals surface area contributed by atoms with Crippen molar-refractivity contribution in [1.82, 2.24) is 10.3 Å². The van der Waals surface area contributed by atoms with Crippen LogP contribution in [0, 0.1) is 0 Å². The van der Waals surface area contributed by atoms with E-state index in [0.717, 1.165) is 11.8 Å². The second-order valence-corrected chi connectivity index (χ2v) is 6.65. The van der Waals surface area contributed by atoms with Crippen molar-refractivity contribution in [2.45, 2.75) is 17.4 Å². The van der Waals surface area contributed by atoms with Crippen LogP contribution < -0.4 is 10.3 Å². The summed E-state index contributed by atoms with van der Waals surface area (Å²) in [6, 6.07) is 16.4. The highest BCUT2D eigenvalue weighted by Gasteiger charge is 2.39. The van der Waals surface area contributed by atoms with Crippen molar-refractivity contribution in [2.24, 2.45) is 5.10 Å². The van der Waals surface area contributed by atoms with Crippen LogP contribution in [0.15, 0.2) is 69.3 Å². The van der Waals surface area contributed by atoms with E-state index in [1.807, 2.05) is 42.5 Å². The molecule has 1 aromatic heterocycles. The monoisotopic (exact) mass is 366 g/mol. The third kappa shape index (κ3) is 3.06. The van der Waals surface area contributed by atoms with E-state index in [2.05, 4.69) is 15.4 Å². The van der Waals surface area contributed by atoms with E-state index in [1.165, 1.54) is 11.9 Å². The fraction of sp³-hybridized carbons (Fsp3) is 0.111. The first-order valence-electron chi connectivity index (χ1n) is 7.89. The quantitative estimate of drug-likeness (QED) is 0.770. The molecule has 0 saturated heterocycles. The lowest BCUT2D eigenvalue weighted by Crippen LogP contribution is -2.37. The van der Waals surface area contributed by atoms with Crippen LogP contribution in [0.5, 0.6) is 0 Å². The highest BCUT2D eigenvalue weighted by Crippen LogP contribution is 2.32. The predicted molar refractivity (Wildman–Crippen MR) is 98.8 cm³/mol. The molecule has 0 radical (unpaired) electrons. The Bertz CT molecular complexity index is 982. The van der Waals surface area contributed by atoms with Gasteiger partial charge in [0.15, 0.2) is 16.7 Å². The maximum atomic E-state index is 12.9. The molecule has 130 valence electrons. The Morgan fingerprint density at radius 3 is 2.62 bits per heavy atom. The van der Waals surface area contributed by atoms with Gasteiger partial charge in [0.05, 0.1) is 5.69 Å². The number of para-hydroxylation sites is 3. The number of thioether (sulfide) groups is 1. The summed E-state index contributed by atoms with van der Waals surface area (Å²) in [5.74, 6) is -0.305. The van der Waals surface area contributed by atoms with Crippen LogP contribution in [-0.2, 0) is 9.59 Å². The molecule has 26 heavy (non-hydrogen) atoms. The molecular weight excluding hydrogens is 352 g/mol. The van der Waals surface area contributed by atoms with Gasteiger partial charge in [-0.25, -0.2) is 4.98 Å². The number of anilines is 1. The number of benzene rings is 2. The number of hydrogen-bond acceptors (Lipinski definition) is 6. The van der Waals surface area contributed by atoms with Crippen LogP contribution in [0.25, 0.3) is 11.1 Å². The summed E-state index contributed by atoms with van der Waals surface area (Å²) < 4.78 is 5.69. The molecule has 4 rings (SSSR count). The first kappa shape index (κ1) is 16.3. The molecule has 1 N–H and O–H groups in total. The topological polar surface area (TPSA) is 87.8 Å². The zero-order valence-electron chi connectivity index (χ0n) is 13.7. The first-order chi connectivity index (χ1) is 12.6. The summed E-state index contributed by atoms with van der Waals surface area (Å²) in [5.41, 5.74) is 1.97. The number of amidine groups is 1. The number of hydrazone groups is 1. The highest BCUT2D eigenvalue weighted by molar-refractivity contribution is 8.01. The van der Waals surface area contributed by atoms with Crippen molar-refractivity contribution in [3.05, 3.63) is 54.6 Å². The molecule has 0 fully saturated rings. The molecule has 2 aromatic carbocycles. The van der Waals surface area contributed by atoms with Crippen LogP contribution >= 0.6 is 11.8 Å². The molecule has 1 atom stereocenters. The molecule has 0 bridgehead atoms. The number of hydrogen-bond donors (Lipinski definition) is 1. The third-order valence-electron chi connectivity index (χ3n) is 3.69. The number of carbonyl (C=O) groups is 2. The fourth-order valence-electron chi connectivity index (χ4n) is 2.57. The van der Waals surface area contributed by atoms with Crippen molar-refractivity contribution in [3.63, 3.8) is 0 Å². The van der Waals surface area contributed by atoms with Crippen molar-refractivity contribution < 1.29 is 14.0 Å². The number of carbonyl (C=O) groups excluding carboxylic acids is 2. The molecule has 1 aliphatic heterocycles. The number of aromatic nitrogens is 1. The molecule has 3 aromatic rings. The molecule has 2 amide bonds. The van der Waals surface area contributed by atoms with Gasteiger partial charge >= 0.3 is 0 Å². The zero-order chi connectivity index (χ0) is 18.1. The number of amides is 2. The molecule has 8 heteroatoms. The van der Waals surface area contributed by atoms with E-state index < -0.39 is 5.25 Å². The molecule has 1 aliphatic rings. The normalized spacial score (nSPS) is 16.8. The molecular formula is C18H14N4O3S. The Balaban J connectivity index is 1.65. The average molecular weight is 366 g/mol. The van der Waals surface area contributed by atoms with E-state index in [0.29, 0.717) is 22.0 Å². The highest BCUT2D eigenvalue weighted by atomic mass is 32.2. The Morgan fingerprint density at radius 2 is 1.88 bits per heavy atom. The lowest BCUT2D eigenvalue weighted by atomic mass is 10.3. The van der Waals surface area contributed by atoms with E-state index in [-0.39, 0.29) is 17.6 Å². The number of fused-ring (bicyclic) bond motifs is 1. The van der Waals surface area contributed by atoms with Gasteiger partial charge in [0, 0.05) is 6.92 Å². The molecule has 1 unspecified atom stereocenters. The van der Waals surface area contributed by atoms with Gasteiger partial charge in [0.1, 0.15) is 5.52 Å². The van der Waals surface area contributed by atoms with Gasteiger partial charge in [-0.15, -0.1) is 5.10 Å².